The lowest BCUT2D eigenvalue weighted by atomic mass is 10.2. The van der Waals surface area contributed by atoms with Crippen LogP contribution in [0.4, 0.5) is 11.4 Å². The molecule has 0 amide bonds. The van der Waals surface area contributed by atoms with Crippen LogP contribution < -0.4 is 5.32 Å². The number of nitro benzene ring substituents is 1. The van der Waals surface area contributed by atoms with Crippen LogP contribution in [0.5, 0.6) is 0 Å². The molecule has 0 fully saturated rings. The number of aromatic nitrogens is 1. The Bertz CT molecular complexity index is 526. The van der Waals surface area contributed by atoms with Gasteiger partial charge in [-0.15, -0.1) is 11.3 Å². The van der Waals surface area contributed by atoms with Gasteiger partial charge in [0.05, 0.1) is 11.5 Å². The van der Waals surface area contributed by atoms with Crippen molar-refractivity contribution in [3.05, 3.63) is 50.5 Å². The molecule has 88 valence electrons. The van der Waals surface area contributed by atoms with Gasteiger partial charge in [0.1, 0.15) is 10.7 Å². The third-order valence-corrected chi connectivity index (χ3v) is 3.04. The van der Waals surface area contributed by atoms with E-state index < -0.39 is 0 Å². The molecule has 0 aliphatic rings. The number of anilines is 1. The van der Waals surface area contributed by atoms with E-state index in [0.29, 0.717) is 12.2 Å². The van der Waals surface area contributed by atoms with Crippen molar-refractivity contribution < 1.29 is 4.92 Å². The second-order valence-corrected chi connectivity index (χ2v) is 4.54. The summed E-state index contributed by atoms with van der Waals surface area (Å²) in [6.45, 7) is 2.33. The minimum atomic E-state index is -0.378. The van der Waals surface area contributed by atoms with Crippen LogP contribution in [-0.4, -0.2) is 9.91 Å². The Morgan fingerprint density at radius 3 is 3.00 bits per heavy atom. The summed E-state index contributed by atoms with van der Waals surface area (Å²) in [5.74, 6) is 0. The first-order valence-electron chi connectivity index (χ1n) is 5.04. The van der Waals surface area contributed by atoms with Gasteiger partial charge < -0.3 is 5.32 Å². The molecule has 1 aromatic carbocycles. The summed E-state index contributed by atoms with van der Waals surface area (Å²) in [5.41, 5.74) is 1.49. The Morgan fingerprint density at radius 1 is 1.53 bits per heavy atom. The standard InChI is InChI=1S/C11H11N3O2S/c1-8-2-3-9(10(6-8)14(15)16)13-7-11-12-4-5-17-11/h2-6,13H,7H2,1H3. The number of aryl methyl sites for hydroxylation is 1. The molecule has 0 saturated heterocycles. The molecule has 17 heavy (non-hydrogen) atoms. The molecule has 5 nitrogen and oxygen atoms in total. The van der Waals surface area contributed by atoms with Gasteiger partial charge in [-0.05, 0) is 18.6 Å². The molecule has 2 aromatic rings. The third-order valence-electron chi connectivity index (χ3n) is 2.26. The van der Waals surface area contributed by atoms with E-state index >= 15 is 0 Å². The van der Waals surface area contributed by atoms with E-state index in [4.69, 9.17) is 0 Å². The lowest BCUT2D eigenvalue weighted by molar-refractivity contribution is -0.384. The number of nitrogens with zero attached hydrogens (tertiary/aromatic N) is 2. The van der Waals surface area contributed by atoms with Gasteiger partial charge in [0.15, 0.2) is 0 Å². The number of hydrogen-bond donors (Lipinski definition) is 1. The summed E-state index contributed by atoms with van der Waals surface area (Å²) in [6, 6.07) is 5.13. The highest BCUT2D eigenvalue weighted by atomic mass is 32.1. The van der Waals surface area contributed by atoms with Gasteiger partial charge in [-0.25, -0.2) is 4.98 Å². The van der Waals surface area contributed by atoms with Crippen molar-refractivity contribution in [2.45, 2.75) is 13.5 Å². The van der Waals surface area contributed by atoms with Gasteiger partial charge in [-0.1, -0.05) is 6.07 Å². The Hall–Kier alpha value is -1.95. The fraction of sp³-hybridized carbons (Fsp3) is 0.182. The second-order valence-electron chi connectivity index (χ2n) is 3.56. The zero-order valence-electron chi connectivity index (χ0n) is 9.21. The average Bonchev–Trinajstić information content (AvgIpc) is 2.80. The highest BCUT2D eigenvalue weighted by Crippen LogP contribution is 2.25. The molecule has 1 N–H and O–H groups in total. The first kappa shape index (κ1) is 11.5. The van der Waals surface area contributed by atoms with E-state index in [9.17, 15) is 10.1 Å². The lowest BCUT2D eigenvalue weighted by Gasteiger charge is -2.05. The van der Waals surface area contributed by atoms with E-state index in [2.05, 4.69) is 10.3 Å². The molecule has 0 bridgehead atoms. The summed E-state index contributed by atoms with van der Waals surface area (Å²) < 4.78 is 0. The van der Waals surface area contributed by atoms with E-state index in [1.807, 2.05) is 18.4 Å². The van der Waals surface area contributed by atoms with Crippen LogP contribution in [0, 0.1) is 17.0 Å². The van der Waals surface area contributed by atoms with E-state index in [1.165, 1.54) is 11.3 Å². The summed E-state index contributed by atoms with van der Waals surface area (Å²) in [4.78, 5) is 14.6. The Balaban J connectivity index is 2.17. The van der Waals surface area contributed by atoms with Crippen molar-refractivity contribution in [3.63, 3.8) is 0 Å². The molecule has 0 radical (unpaired) electrons. The summed E-state index contributed by atoms with van der Waals surface area (Å²) in [5, 5.41) is 16.7. The van der Waals surface area contributed by atoms with Crippen molar-refractivity contribution in [1.29, 1.82) is 0 Å². The number of thiazole rings is 1. The second kappa shape index (κ2) is 4.92. The molecule has 0 aliphatic heterocycles. The van der Waals surface area contributed by atoms with E-state index in [1.54, 1.807) is 18.3 Å². The maximum Gasteiger partial charge on any atom is 0.292 e. The van der Waals surface area contributed by atoms with Crippen molar-refractivity contribution >= 4 is 22.7 Å². The SMILES string of the molecule is Cc1ccc(NCc2nccs2)c([N+](=O)[O-])c1. The van der Waals surface area contributed by atoms with E-state index in [0.717, 1.165) is 10.6 Å². The number of rotatable bonds is 4. The Morgan fingerprint density at radius 2 is 2.35 bits per heavy atom. The summed E-state index contributed by atoms with van der Waals surface area (Å²) in [7, 11) is 0. The highest BCUT2D eigenvalue weighted by molar-refractivity contribution is 7.09. The fourth-order valence-corrected chi connectivity index (χ4v) is 2.01. The number of nitrogens with one attached hydrogen (secondary N) is 1. The van der Waals surface area contributed by atoms with Crippen LogP contribution in [0.1, 0.15) is 10.6 Å². The highest BCUT2D eigenvalue weighted by Gasteiger charge is 2.13. The first-order chi connectivity index (χ1) is 8.16. The van der Waals surface area contributed by atoms with Crippen LogP contribution in [0.15, 0.2) is 29.8 Å². The largest absolute Gasteiger partial charge is 0.373 e. The van der Waals surface area contributed by atoms with Gasteiger partial charge in [0.2, 0.25) is 0 Å². The Labute approximate surface area is 102 Å². The minimum absolute atomic E-state index is 0.0987. The number of nitro groups is 1. The van der Waals surface area contributed by atoms with Gasteiger partial charge in [-0.2, -0.15) is 0 Å². The quantitative estimate of drug-likeness (QED) is 0.668. The van der Waals surface area contributed by atoms with Crippen LogP contribution in [-0.2, 0) is 6.54 Å². The van der Waals surface area contributed by atoms with Crippen LogP contribution >= 0.6 is 11.3 Å². The monoisotopic (exact) mass is 249 g/mol. The Kier molecular flexibility index (Phi) is 3.34. The van der Waals surface area contributed by atoms with E-state index in [-0.39, 0.29) is 10.6 Å². The maximum absolute atomic E-state index is 10.9. The summed E-state index contributed by atoms with van der Waals surface area (Å²) in [6.07, 6.45) is 1.71. The number of benzene rings is 1. The molecular weight excluding hydrogens is 238 g/mol. The van der Waals surface area contributed by atoms with Crippen LogP contribution in [0.3, 0.4) is 0 Å². The van der Waals surface area contributed by atoms with Crippen molar-refractivity contribution in [2.75, 3.05) is 5.32 Å². The van der Waals surface area contributed by atoms with Gasteiger partial charge >= 0.3 is 0 Å². The number of hydrogen-bond acceptors (Lipinski definition) is 5. The van der Waals surface area contributed by atoms with Crippen molar-refractivity contribution in [1.82, 2.24) is 4.98 Å². The van der Waals surface area contributed by atoms with Crippen LogP contribution in [0.25, 0.3) is 0 Å². The molecule has 0 atom stereocenters. The zero-order valence-corrected chi connectivity index (χ0v) is 10.0. The molecule has 0 spiro atoms. The molecule has 1 aromatic heterocycles. The molecule has 0 saturated carbocycles. The van der Waals surface area contributed by atoms with Gasteiger partial charge in [0, 0.05) is 17.6 Å². The molecule has 0 aliphatic carbocycles. The average molecular weight is 249 g/mol. The van der Waals surface area contributed by atoms with Crippen molar-refractivity contribution in [3.8, 4) is 0 Å². The predicted octanol–water partition coefficient (Wildman–Crippen LogP) is 2.97. The smallest absolute Gasteiger partial charge is 0.292 e. The predicted molar refractivity (Wildman–Crippen MR) is 67.3 cm³/mol. The first-order valence-corrected chi connectivity index (χ1v) is 5.92. The molecular formula is C11H11N3O2S. The minimum Gasteiger partial charge on any atom is -0.373 e. The van der Waals surface area contributed by atoms with Crippen LogP contribution in [0.2, 0.25) is 0 Å². The zero-order chi connectivity index (χ0) is 12.3. The molecule has 2 rings (SSSR count). The molecule has 6 heteroatoms. The molecule has 1 heterocycles. The maximum atomic E-state index is 10.9. The lowest BCUT2D eigenvalue weighted by Crippen LogP contribution is -2.02. The van der Waals surface area contributed by atoms with Gasteiger partial charge in [0.25, 0.3) is 5.69 Å². The molecule has 0 unspecified atom stereocenters. The normalized spacial score (nSPS) is 10.2. The van der Waals surface area contributed by atoms with Gasteiger partial charge in [-0.3, -0.25) is 10.1 Å². The van der Waals surface area contributed by atoms with Crippen molar-refractivity contribution in [2.24, 2.45) is 0 Å². The fourth-order valence-electron chi connectivity index (χ4n) is 1.45. The summed E-state index contributed by atoms with van der Waals surface area (Å²) >= 11 is 1.52. The topological polar surface area (TPSA) is 68.1 Å². The third kappa shape index (κ3) is 2.79.